The van der Waals surface area contributed by atoms with Crippen molar-refractivity contribution in [3.63, 3.8) is 0 Å². The van der Waals surface area contributed by atoms with Crippen LogP contribution in [-0.4, -0.2) is 47.2 Å². The van der Waals surface area contributed by atoms with E-state index in [0.717, 1.165) is 32.1 Å². The number of phenolic OH excluding ortho intramolecular Hbond substituents is 1. The van der Waals surface area contributed by atoms with E-state index < -0.39 is 17.7 Å². The Kier molecular flexibility index (Phi) is 4.86. The lowest BCUT2D eigenvalue weighted by molar-refractivity contribution is -0.248. The van der Waals surface area contributed by atoms with E-state index in [1.54, 1.807) is 0 Å². The molecule has 4 rings (SSSR count). The molecule has 0 aromatic heterocycles. The minimum atomic E-state index is -0.457. The predicted octanol–water partition coefficient (Wildman–Crippen LogP) is 3.68. The summed E-state index contributed by atoms with van der Waals surface area (Å²) in [5.74, 6) is 0.256. The molecule has 0 amide bonds. The molecule has 2 bridgehead atoms. The Morgan fingerprint density at radius 1 is 1.31 bits per heavy atom. The molecule has 29 heavy (non-hydrogen) atoms. The van der Waals surface area contributed by atoms with Crippen molar-refractivity contribution in [3.05, 3.63) is 23.8 Å². The zero-order valence-corrected chi connectivity index (χ0v) is 17.7. The number of phenols is 1. The van der Waals surface area contributed by atoms with Crippen molar-refractivity contribution in [1.29, 1.82) is 0 Å². The maximum atomic E-state index is 12.5. The number of aliphatic hydroxyl groups is 1. The topological polar surface area (TPSA) is 85.2 Å². The second-order valence-electron chi connectivity index (χ2n) is 9.69. The van der Waals surface area contributed by atoms with Gasteiger partial charge in [-0.15, -0.1) is 0 Å². The van der Waals surface area contributed by atoms with Crippen LogP contribution in [0.15, 0.2) is 18.2 Å². The van der Waals surface area contributed by atoms with Gasteiger partial charge in [-0.25, -0.2) is 4.79 Å². The molecule has 6 heteroatoms. The van der Waals surface area contributed by atoms with Crippen molar-refractivity contribution < 1.29 is 29.2 Å². The number of hydrogen-bond donors (Lipinski definition) is 2. The monoisotopic (exact) mass is 404 g/mol. The van der Waals surface area contributed by atoms with Crippen molar-refractivity contribution >= 4 is 5.97 Å². The highest BCUT2D eigenvalue weighted by atomic mass is 16.6. The fraction of sp³-hybridized carbons (Fsp3) is 0.696. The molecule has 3 aliphatic rings. The molecule has 2 saturated heterocycles. The number of fused-ring (bicyclic) bond motifs is 1. The van der Waals surface area contributed by atoms with Crippen molar-refractivity contribution in [2.75, 3.05) is 13.7 Å². The Hall–Kier alpha value is -1.79. The first-order valence-corrected chi connectivity index (χ1v) is 10.6. The number of aliphatic hydroxyl groups excluding tert-OH is 1. The number of hydrogen-bond acceptors (Lipinski definition) is 6. The first-order valence-electron chi connectivity index (χ1n) is 10.6. The Balaban J connectivity index is 1.46. The molecule has 0 radical (unpaired) electrons. The van der Waals surface area contributed by atoms with Gasteiger partial charge in [0.05, 0.1) is 36.6 Å². The highest BCUT2D eigenvalue weighted by Crippen LogP contribution is 2.67. The number of benzene rings is 1. The summed E-state index contributed by atoms with van der Waals surface area (Å²) in [6, 6.07) is 4.45. The summed E-state index contributed by atoms with van der Waals surface area (Å²) >= 11 is 0. The maximum absolute atomic E-state index is 12.5. The van der Waals surface area contributed by atoms with Crippen LogP contribution in [0.3, 0.4) is 0 Å². The quantitative estimate of drug-likeness (QED) is 0.728. The van der Waals surface area contributed by atoms with E-state index in [0.29, 0.717) is 18.1 Å². The number of carbonyl (C=O) groups excluding carboxylic acids is 1. The maximum Gasteiger partial charge on any atom is 0.338 e. The molecule has 1 spiro atoms. The summed E-state index contributed by atoms with van der Waals surface area (Å²) in [5, 5.41) is 20.3. The molecule has 1 aromatic carbocycles. The molecule has 160 valence electrons. The van der Waals surface area contributed by atoms with Gasteiger partial charge in [0, 0.05) is 0 Å². The molecule has 3 fully saturated rings. The Morgan fingerprint density at radius 3 is 2.79 bits per heavy atom. The summed E-state index contributed by atoms with van der Waals surface area (Å²) in [5.41, 5.74) is -0.377. The Morgan fingerprint density at radius 2 is 2.07 bits per heavy atom. The lowest BCUT2D eigenvalue weighted by Crippen LogP contribution is -2.58. The Bertz CT molecular complexity index is 809. The average molecular weight is 405 g/mol. The van der Waals surface area contributed by atoms with Gasteiger partial charge in [0.2, 0.25) is 0 Å². The van der Waals surface area contributed by atoms with E-state index in [4.69, 9.17) is 14.2 Å². The molecule has 2 heterocycles. The van der Waals surface area contributed by atoms with Gasteiger partial charge in [0.25, 0.3) is 0 Å². The van der Waals surface area contributed by atoms with Crippen LogP contribution >= 0.6 is 0 Å². The Labute approximate surface area is 172 Å². The van der Waals surface area contributed by atoms with E-state index in [2.05, 4.69) is 13.8 Å². The molecule has 2 N–H and O–H groups in total. The number of aromatic hydroxyl groups is 1. The van der Waals surface area contributed by atoms with Gasteiger partial charge < -0.3 is 24.4 Å². The zero-order chi connectivity index (χ0) is 21.0. The minimum Gasteiger partial charge on any atom is -0.504 e. The highest BCUT2D eigenvalue weighted by molar-refractivity contribution is 5.90. The second-order valence-corrected chi connectivity index (χ2v) is 9.69. The number of ether oxygens (including phenoxy) is 3. The van der Waals surface area contributed by atoms with Gasteiger partial charge in [-0.2, -0.15) is 0 Å². The average Bonchev–Trinajstić information content (AvgIpc) is 3.17. The number of esters is 1. The molecule has 6 atom stereocenters. The molecule has 2 aliphatic heterocycles. The molecule has 6 nitrogen and oxygen atoms in total. The van der Waals surface area contributed by atoms with Crippen molar-refractivity contribution in [3.8, 4) is 11.5 Å². The van der Waals surface area contributed by atoms with E-state index in [-0.39, 0.29) is 28.4 Å². The van der Waals surface area contributed by atoms with Crippen molar-refractivity contribution in [2.24, 2.45) is 17.3 Å². The van der Waals surface area contributed by atoms with Crippen LogP contribution in [-0.2, 0) is 9.47 Å². The smallest absolute Gasteiger partial charge is 0.338 e. The van der Waals surface area contributed by atoms with Gasteiger partial charge in [0.15, 0.2) is 11.5 Å². The summed E-state index contributed by atoms with van der Waals surface area (Å²) < 4.78 is 17.3. The normalized spacial score (nSPS) is 39.1. The lowest BCUT2D eigenvalue weighted by atomic mass is 9.66. The molecular formula is C23H32O6. The third kappa shape index (κ3) is 3.03. The summed E-state index contributed by atoms with van der Waals surface area (Å²) in [6.07, 6.45) is 4.23. The van der Waals surface area contributed by atoms with Crippen LogP contribution in [0, 0.1) is 17.3 Å². The van der Waals surface area contributed by atoms with Gasteiger partial charge in [-0.05, 0) is 74.5 Å². The van der Waals surface area contributed by atoms with Crippen LogP contribution in [0.25, 0.3) is 0 Å². The van der Waals surface area contributed by atoms with Gasteiger partial charge in [-0.1, -0.05) is 13.8 Å². The second kappa shape index (κ2) is 6.88. The minimum absolute atomic E-state index is 0.0114. The van der Waals surface area contributed by atoms with Gasteiger partial charge in [-0.3, -0.25) is 0 Å². The molecule has 1 aromatic rings. The van der Waals surface area contributed by atoms with Crippen LogP contribution in [0.1, 0.15) is 63.2 Å². The summed E-state index contributed by atoms with van der Waals surface area (Å²) in [4.78, 5) is 12.5. The number of carbonyl (C=O) groups is 1. The molecule has 1 aliphatic carbocycles. The van der Waals surface area contributed by atoms with Gasteiger partial charge in [0.1, 0.15) is 0 Å². The third-order valence-electron chi connectivity index (χ3n) is 7.96. The van der Waals surface area contributed by atoms with E-state index in [1.165, 1.54) is 25.3 Å². The number of methoxy groups -OCH3 is 1. The van der Waals surface area contributed by atoms with Crippen LogP contribution < -0.4 is 4.74 Å². The number of rotatable bonds is 5. The first-order chi connectivity index (χ1) is 13.6. The predicted molar refractivity (Wildman–Crippen MR) is 107 cm³/mol. The van der Waals surface area contributed by atoms with Crippen LogP contribution in [0.4, 0.5) is 0 Å². The first kappa shape index (κ1) is 20.5. The van der Waals surface area contributed by atoms with Crippen molar-refractivity contribution in [1.82, 2.24) is 0 Å². The lowest BCUT2D eigenvalue weighted by Gasteiger charge is -2.53. The van der Waals surface area contributed by atoms with Gasteiger partial charge >= 0.3 is 5.97 Å². The van der Waals surface area contributed by atoms with E-state index in [1.807, 2.05) is 6.92 Å². The molecular weight excluding hydrogens is 372 g/mol. The standard InChI is InChI=1S/C23H32O6/c1-14(13-28-20(26)15-5-6-17(24)18(11-15)27-4)16-7-8-21(2)12-19(25)22(3)9-10-23(16,21)29-22/h5-6,11,14,16,19,24-25H,7-10,12-13H2,1-4H3/t14?,16-,19+,21-,22+,23+/m1/s1. The van der Waals surface area contributed by atoms with Crippen LogP contribution in [0.2, 0.25) is 0 Å². The van der Waals surface area contributed by atoms with Crippen molar-refractivity contribution in [2.45, 2.75) is 70.2 Å². The summed E-state index contributed by atoms with van der Waals surface area (Å²) in [7, 11) is 1.44. The third-order valence-corrected chi connectivity index (χ3v) is 7.96. The fourth-order valence-corrected chi connectivity index (χ4v) is 6.11. The molecule has 1 saturated carbocycles. The zero-order valence-electron chi connectivity index (χ0n) is 17.7. The van der Waals surface area contributed by atoms with E-state index >= 15 is 0 Å². The molecule has 1 unspecified atom stereocenters. The fourth-order valence-electron chi connectivity index (χ4n) is 6.11. The van der Waals surface area contributed by atoms with Crippen LogP contribution in [0.5, 0.6) is 11.5 Å². The van der Waals surface area contributed by atoms with E-state index in [9.17, 15) is 15.0 Å². The summed E-state index contributed by atoms with van der Waals surface area (Å²) in [6.45, 7) is 6.72. The highest BCUT2D eigenvalue weighted by Gasteiger charge is 2.69. The largest absolute Gasteiger partial charge is 0.504 e. The SMILES string of the molecule is COc1cc(C(=O)OCC(C)[C@H]2CC[C@]3(C)C[C@H](O)[C@]4(C)CC[C@]23O4)ccc1O.